The number of pyridine rings is 1. The van der Waals surface area contributed by atoms with Gasteiger partial charge in [-0.1, -0.05) is 29.8 Å². The Morgan fingerprint density at radius 2 is 1.74 bits per heavy atom. The Labute approximate surface area is 187 Å². The van der Waals surface area contributed by atoms with Crippen molar-refractivity contribution in [2.75, 3.05) is 7.11 Å². The minimum absolute atomic E-state index is 0. The quantitative estimate of drug-likeness (QED) is 0.385. The maximum atomic E-state index is 13.1. The zero-order chi connectivity index (χ0) is 21.1. The summed E-state index contributed by atoms with van der Waals surface area (Å²) in [5.41, 5.74) is 4.65. The predicted molar refractivity (Wildman–Crippen MR) is 124 cm³/mol. The molecule has 0 unspecified atom stereocenters. The third-order valence-corrected chi connectivity index (χ3v) is 4.90. The first-order chi connectivity index (χ1) is 14.5. The molecule has 1 N–H and O–H groups in total. The minimum Gasteiger partial charge on any atom is -0.496 e. The van der Waals surface area contributed by atoms with Crippen molar-refractivity contribution in [3.8, 4) is 34.1 Å². The maximum Gasteiger partial charge on any atom is 0.212 e. The summed E-state index contributed by atoms with van der Waals surface area (Å²) in [6.45, 7) is 4.08. The van der Waals surface area contributed by atoms with E-state index >= 15 is 0 Å². The monoisotopic (exact) mass is 437 g/mol. The van der Waals surface area contributed by atoms with Crippen LogP contribution in [0.2, 0.25) is 0 Å². The molecule has 4 rings (SSSR count). The Bertz CT molecular complexity index is 1140. The van der Waals surface area contributed by atoms with E-state index in [1.165, 1.54) is 17.8 Å². The molecule has 0 aliphatic heterocycles. The molecule has 4 aromatic rings. The molecule has 1 atom stereocenters. The molecule has 2 aromatic carbocycles. The van der Waals surface area contributed by atoms with E-state index in [0.29, 0.717) is 22.9 Å². The lowest BCUT2D eigenvalue weighted by atomic mass is 10.1. The van der Waals surface area contributed by atoms with Crippen molar-refractivity contribution in [1.29, 1.82) is 0 Å². The van der Waals surface area contributed by atoms with Gasteiger partial charge in [0.2, 0.25) is 5.95 Å². The van der Waals surface area contributed by atoms with Gasteiger partial charge in [0.15, 0.2) is 0 Å². The summed E-state index contributed by atoms with van der Waals surface area (Å²) in [6, 6.07) is 16.9. The lowest BCUT2D eigenvalue weighted by molar-refractivity contribution is 0.226. The molecule has 0 amide bonds. The van der Waals surface area contributed by atoms with Crippen LogP contribution < -0.4 is 9.47 Å². The fourth-order valence-corrected chi connectivity index (χ4v) is 3.20. The van der Waals surface area contributed by atoms with Crippen LogP contribution in [0.3, 0.4) is 0 Å². The SMILES string of the molecule is COc1cc(O[C@@H](C)c2ccc(C)cc2)ccc1-c1cnc(-c2ccc(F)nc2)[nH]1.S. The highest BCUT2D eigenvalue weighted by molar-refractivity contribution is 7.59. The van der Waals surface area contributed by atoms with Crippen molar-refractivity contribution in [1.82, 2.24) is 15.0 Å². The van der Waals surface area contributed by atoms with Crippen LogP contribution >= 0.6 is 13.5 Å². The van der Waals surface area contributed by atoms with Crippen LogP contribution in [0.15, 0.2) is 67.0 Å². The van der Waals surface area contributed by atoms with Crippen molar-refractivity contribution in [3.05, 3.63) is 84.1 Å². The van der Waals surface area contributed by atoms with E-state index in [9.17, 15) is 4.39 Å². The zero-order valence-corrected chi connectivity index (χ0v) is 18.5. The molecular formula is C24H24FN3O2S. The Balaban J connectivity index is 0.00000272. The summed E-state index contributed by atoms with van der Waals surface area (Å²) in [4.78, 5) is 11.3. The highest BCUT2D eigenvalue weighted by atomic mass is 32.1. The number of hydrogen-bond donors (Lipinski definition) is 1. The second kappa shape index (κ2) is 9.66. The number of ether oxygens (including phenoxy) is 2. The fraction of sp³-hybridized carbons (Fsp3) is 0.167. The van der Waals surface area contributed by atoms with E-state index in [1.807, 2.05) is 25.1 Å². The molecular weight excluding hydrogens is 413 g/mol. The Morgan fingerprint density at radius 1 is 0.968 bits per heavy atom. The lowest BCUT2D eigenvalue weighted by Gasteiger charge is -2.17. The van der Waals surface area contributed by atoms with E-state index in [4.69, 9.17) is 9.47 Å². The molecule has 0 saturated heterocycles. The number of methoxy groups -OCH3 is 1. The van der Waals surface area contributed by atoms with Gasteiger partial charge in [-0.2, -0.15) is 17.9 Å². The lowest BCUT2D eigenvalue weighted by Crippen LogP contribution is -2.03. The molecule has 160 valence electrons. The van der Waals surface area contributed by atoms with Gasteiger partial charge in [-0.3, -0.25) is 0 Å². The number of aryl methyl sites for hydroxylation is 1. The molecule has 0 saturated carbocycles. The molecule has 0 aliphatic rings. The summed E-state index contributed by atoms with van der Waals surface area (Å²) in [5, 5.41) is 0. The van der Waals surface area contributed by atoms with Crippen LogP contribution in [0.5, 0.6) is 11.5 Å². The molecule has 0 fully saturated rings. The molecule has 0 spiro atoms. The summed E-state index contributed by atoms with van der Waals surface area (Å²) >= 11 is 0. The average molecular weight is 438 g/mol. The normalized spacial score (nSPS) is 11.5. The first-order valence-corrected chi connectivity index (χ1v) is 9.62. The molecule has 2 aromatic heterocycles. The van der Waals surface area contributed by atoms with Crippen molar-refractivity contribution >= 4 is 13.5 Å². The van der Waals surface area contributed by atoms with Gasteiger partial charge in [0.25, 0.3) is 0 Å². The topological polar surface area (TPSA) is 60.0 Å². The fourth-order valence-electron chi connectivity index (χ4n) is 3.20. The van der Waals surface area contributed by atoms with E-state index in [0.717, 1.165) is 16.8 Å². The van der Waals surface area contributed by atoms with E-state index in [2.05, 4.69) is 46.1 Å². The number of H-pyrrole nitrogens is 1. The predicted octanol–water partition coefficient (Wildman–Crippen LogP) is 5.85. The van der Waals surface area contributed by atoms with Gasteiger partial charge in [0.05, 0.1) is 19.0 Å². The van der Waals surface area contributed by atoms with Crippen molar-refractivity contribution < 1.29 is 13.9 Å². The molecule has 2 heterocycles. The van der Waals surface area contributed by atoms with E-state index in [-0.39, 0.29) is 19.6 Å². The minimum atomic E-state index is -0.525. The average Bonchev–Trinajstić information content (AvgIpc) is 3.24. The first-order valence-electron chi connectivity index (χ1n) is 9.62. The number of nitrogens with zero attached hydrogens (tertiary/aromatic N) is 2. The van der Waals surface area contributed by atoms with Crippen LogP contribution in [-0.4, -0.2) is 22.1 Å². The Morgan fingerprint density at radius 3 is 2.42 bits per heavy atom. The van der Waals surface area contributed by atoms with Crippen LogP contribution in [0.1, 0.15) is 24.2 Å². The van der Waals surface area contributed by atoms with Crippen LogP contribution in [0.25, 0.3) is 22.6 Å². The Hall–Kier alpha value is -3.32. The van der Waals surface area contributed by atoms with E-state index in [1.54, 1.807) is 19.4 Å². The Kier molecular flexibility index (Phi) is 6.97. The van der Waals surface area contributed by atoms with Gasteiger partial charge in [-0.05, 0) is 43.7 Å². The largest absolute Gasteiger partial charge is 0.496 e. The molecule has 7 heteroatoms. The number of hydrogen-bond acceptors (Lipinski definition) is 4. The molecule has 0 aliphatic carbocycles. The number of benzene rings is 2. The van der Waals surface area contributed by atoms with Crippen molar-refractivity contribution in [3.63, 3.8) is 0 Å². The summed E-state index contributed by atoms with van der Waals surface area (Å²) in [6.07, 6.45) is 3.07. The second-order valence-electron chi connectivity index (χ2n) is 7.05. The van der Waals surface area contributed by atoms with Gasteiger partial charge in [-0.25, -0.2) is 9.97 Å². The van der Waals surface area contributed by atoms with Gasteiger partial charge in [0, 0.05) is 23.4 Å². The summed E-state index contributed by atoms with van der Waals surface area (Å²) in [7, 11) is 1.62. The molecule has 5 nitrogen and oxygen atoms in total. The van der Waals surface area contributed by atoms with Gasteiger partial charge in [-0.15, -0.1) is 0 Å². The number of imidazole rings is 1. The van der Waals surface area contributed by atoms with Gasteiger partial charge in [0.1, 0.15) is 23.4 Å². The maximum absolute atomic E-state index is 13.1. The summed E-state index contributed by atoms with van der Waals surface area (Å²) < 4.78 is 24.7. The van der Waals surface area contributed by atoms with Crippen LogP contribution in [0.4, 0.5) is 4.39 Å². The number of aromatic nitrogens is 3. The van der Waals surface area contributed by atoms with Gasteiger partial charge >= 0.3 is 0 Å². The smallest absolute Gasteiger partial charge is 0.212 e. The third-order valence-electron chi connectivity index (χ3n) is 4.90. The number of rotatable bonds is 6. The van der Waals surface area contributed by atoms with Crippen LogP contribution in [0, 0.1) is 12.9 Å². The van der Waals surface area contributed by atoms with Crippen molar-refractivity contribution in [2.45, 2.75) is 20.0 Å². The number of halogens is 1. The number of nitrogens with one attached hydrogen (secondary N) is 1. The summed E-state index contributed by atoms with van der Waals surface area (Å²) in [5.74, 6) is 1.46. The zero-order valence-electron chi connectivity index (χ0n) is 17.5. The standard InChI is InChI=1S/C24H22FN3O2.H2S/c1-15-4-6-17(7-5-15)16(2)30-19-9-10-20(22(12-19)29-3)21-14-27-24(28-21)18-8-11-23(25)26-13-18;/h4-14,16H,1-3H3,(H,27,28);1H2/t16-;/m0./s1. The first kappa shape index (κ1) is 22.4. The van der Waals surface area contributed by atoms with E-state index < -0.39 is 5.95 Å². The second-order valence-corrected chi connectivity index (χ2v) is 7.05. The molecule has 31 heavy (non-hydrogen) atoms. The highest BCUT2D eigenvalue weighted by Crippen LogP contribution is 2.34. The highest BCUT2D eigenvalue weighted by Gasteiger charge is 2.14. The van der Waals surface area contributed by atoms with Crippen LogP contribution in [-0.2, 0) is 0 Å². The van der Waals surface area contributed by atoms with Crippen molar-refractivity contribution in [2.24, 2.45) is 0 Å². The van der Waals surface area contributed by atoms with Gasteiger partial charge < -0.3 is 14.5 Å². The molecule has 0 bridgehead atoms. The molecule has 0 radical (unpaired) electrons. The third kappa shape index (κ3) is 5.06. The number of aromatic amines is 1.